The van der Waals surface area contributed by atoms with Gasteiger partial charge in [-0.3, -0.25) is 4.79 Å². The first-order valence-corrected chi connectivity index (χ1v) is 11.1. The molecule has 7 nitrogen and oxygen atoms in total. The molecule has 2 N–H and O–H groups in total. The van der Waals surface area contributed by atoms with Crippen molar-refractivity contribution < 1.29 is 22.8 Å². The summed E-state index contributed by atoms with van der Waals surface area (Å²) in [6.07, 6.45) is 0. The van der Waals surface area contributed by atoms with E-state index < -0.39 is 10.0 Å². The van der Waals surface area contributed by atoms with Gasteiger partial charge in [0.15, 0.2) is 6.54 Å². The lowest BCUT2D eigenvalue weighted by Gasteiger charge is -2.31. The maximum atomic E-state index is 13.0. The van der Waals surface area contributed by atoms with Crippen LogP contribution in [0.1, 0.15) is 11.1 Å². The lowest BCUT2D eigenvalue weighted by molar-refractivity contribution is -0.895. The number of carbonyl (C=O) groups is 1. The fraction of sp³-hybridized carbons (Fsp3) is 0.381. The van der Waals surface area contributed by atoms with Gasteiger partial charge in [-0.05, 0) is 49.7 Å². The van der Waals surface area contributed by atoms with Gasteiger partial charge >= 0.3 is 0 Å². The van der Waals surface area contributed by atoms with Crippen LogP contribution in [0.3, 0.4) is 0 Å². The van der Waals surface area contributed by atoms with Gasteiger partial charge in [-0.1, -0.05) is 17.7 Å². The van der Waals surface area contributed by atoms with Crippen LogP contribution in [0.5, 0.6) is 5.75 Å². The highest BCUT2D eigenvalue weighted by Crippen LogP contribution is 2.21. The van der Waals surface area contributed by atoms with E-state index in [9.17, 15) is 13.2 Å². The highest BCUT2D eigenvalue weighted by molar-refractivity contribution is 7.89. The van der Waals surface area contributed by atoms with Crippen LogP contribution < -0.4 is 15.0 Å². The number of anilines is 1. The standard InChI is InChI=1S/C21H27N3O4S/c1-16-4-9-20(17(2)14-16)29(26,27)24-12-10-23(11-13-24)15-21(25)22-18-5-7-19(28-3)8-6-18/h4-9,14H,10-13,15H2,1-3H3,(H,22,25)/p+1. The van der Waals surface area contributed by atoms with Crippen molar-refractivity contribution in [3.05, 3.63) is 53.6 Å². The molecule has 1 heterocycles. The predicted octanol–water partition coefficient (Wildman–Crippen LogP) is 0.840. The summed E-state index contributed by atoms with van der Waals surface area (Å²) in [5.74, 6) is 0.644. The summed E-state index contributed by atoms with van der Waals surface area (Å²) in [7, 11) is -1.91. The average molecular weight is 419 g/mol. The topological polar surface area (TPSA) is 80.2 Å². The van der Waals surface area contributed by atoms with Gasteiger partial charge in [0.05, 0.1) is 38.2 Å². The maximum absolute atomic E-state index is 13.0. The molecule has 0 aliphatic carbocycles. The molecule has 3 rings (SSSR count). The summed E-state index contributed by atoms with van der Waals surface area (Å²) in [6, 6.07) is 12.6. The van der Waals surface area contributed by atoms with E-state index in [1.807, 2.05) is 26.0 Å². The Hall–Kier alpha value is -2.42. The number of amides is 1. The summed E-state index contributed by atoms with van der Waals surface area (Å²) in [5.41, 5.74) is 2.52. The average Bonchev–Trinajstić information content (AvgIpc) is 2.68. The highest BCUT2D eigenvalue weighted by atomic mass is 32.2. The third kappa shape index (κ3) is 5.14. The van der Waals surface area contributed by atoms with E-state index in [1.54, 1.807) is 37.4 Å². The molecule has 29 heavy (non-hydrogen) atoms. The lowest BCUT2D eigenvalue weighted by atomic mass is 10.2. The zero-order valence-electron chi connectivity index (χ0n) is 17.1. The van der Waals surface area contributed by atoms with Crippen molar-refractivity contribution in [1.29, 1.82) is 0 Å². The summed E-state index contributed by atoms with van der Waals surface area (Å²) in [4.78, 5) is 13.8. The second-order valence-corrected chi connectivity index (χ2v) is 9.28. The van der Waals surface area contributed by atoms with Gasteiger partial charge in [-0.15, -0.1) is 0 Å². The Morgan fingerprint density at radius 3 is 2.34 bits per heavy atom. The Labute approximate surface area is 172 Å². The van der Waals surface area contributed by atoms with Gasteiger partial charge < -0.3 is 15.0 Å². The molecule has 2 aromatic carbocycles. The number of hydrogen-bond acceptors (Lipinski definition) is 4. The molecular formula is C21H28N3O4S+. The van der Waals surface area contributed by atoms with Crippen molar-refractivity contribution in [3.63, 3.8) is 0 Å². The molecule has 0 aromatic heterocycles. The Balaban J connectivity index is 1.55. The molecule has 1 fully saturated rings. The van der Waals surface area contributed by atoms with Gasteiger partial charge in [0, 0.05) is 5.69 Å². The zero-order chi connectivity index (χ0) is 21.0. The third-order valence-corrected chi connectivity index (χ3v) is 7.22. The molecule has 1 aliphatic rings. The van der Waals surface area contributed by atoms with E-state index in [4.69, 9.17) is 4.74 Å². The van der Waals surface area contributed by atoms with E-state index in [1.165, 1.54) is 4.31 Å². The summed E-state index contributed by atoms with van der Waals surface area (Å²) in [6.45, 7) is 6.08. The Bertz CT molecular complexity index is 966. The number of rotatable bonds is 6. The number of ether oxygens (including phenoxy) is 1. The normalized spacial score (nSPS) is 15.8. The number of nitrogens with zero attached hydrogens (tertiary/aromatic N) is 1. The van der Waals surface area contributed by atoms with Gasteiger partial charge in [-0.2, -0.15) is 4.31 Å². The SMILES string of the molecule is COc1ccc(NC(=O)C[NH+]2CCN(S(=O)(=O)c3ccc(C)cc3C)CC2)cc1. The molecule has 1 aliphatic heterocycles. The van der Waals surface area contributed by atoms with Gasteiger partial charge in [-0.25, -0.2) is 8.42 Å². The van der Waals surface area contributed by atoms with Crippen LogP contribution in [0.25, 0.3) is 0 Å². The van der Waals surface area contributed by atoms with Crippen LogP contribution >= 0.6 is 0 Å². The molecule has 0 saturated carbocycles. The van der Waals surface area contributed by atoms with E-state index in [2.05, 4.69) is 5.32 Å². The van der Waals surface area contributed by atoms with Crippen molar-refractivity contribution in [3.8, 4) is 5.75 Å². The van der Waals surface area contributed by atoms with Crippen molar-refractivity contribution in [2.75, 3.05) is 45.2 Å². The minimum atomic E-state index is -3.51. The number of methoxy groups -OCH3 is 1. The van der Waals surface area contributed by atoms with Crippen LogP contribution in [-0.4, -0.2) is 58.5 Å². The molecule has 0 radical (unpaired) electrons. The second kappa shape index (κ2) is 8.94. The van der Waals surface area contributed by atoms with Crippen molar-refractivity contribution >= 4 is 21.6 Å². The number of nitrogens with one attached hydrogen (secondary N) is 2. The van der Waals surface area contributed by atoms with Gasteiger partial charge in [0.25, 0.3) is 5.91 Å². The molecule has 1 amide bonds. The van der Waals surface area contributed by atoms with Crippen LogP contribution in [-0.2, 0) is 14.8 Å². The van der Waals surface area contributed by atoms with Crippen molar-refractivity contribution in [2.24, 2.45) is 0 Å². The van der Waals surface area contributed by atoms with Crippen LogP contribution in [0.2, 0.25) is 0 Å². The number of benzene rings is 2. The fourth-order valence-corrected chi connectivity index (χ4v) is 5.20. The van der Waals surface area contributed by atoms with E-state index in [-0.39, 0.29) is 5.91 Å². The van der Waals surface area contributed by atoms with Crippen molar-refractivity contribution in [2.45, 2.75) is 18.7 Å². The number of hydrogen-bond donors (Lipinski definition) is 2. The van der Waals surface area contributed by atoms with Crippen LogP contribution in [0.15, 0.2) is 47.4 Å². The van der Waals surface area contributed by atoms with Crippen LogP contribution in [0, 0.1) is 13.8 Å². The molecule has 0 bridgehead atoms. The molecule has 0 unspecified atom stereocenters. The first-order valence-electron chi connectivity index (χ1n) is 9.64. The summed E-state index contributed by atoms with van der Waals surface area (Å²) < 4.78 is 32.6. The Morgan fingerprint density at radius 2 is 1.76 bits per heavy atom. The van der Waals surface area contributed by atoms with Gasteiger partial charge in [0.1, 0.15) is 5.75 Å². The molecule has 2 aromatic rings. The maximum Gasteiger partial charge on any atom is 0.279 e. The number of aryl methyl sites for hydroxylation is 2. The number of piperazine rings is 1. The first kappa shape index (κ1) is 21.3. The Kier molecular flexibility index (Phi) is 6.56. The number of quaternary nitrogens is 1. The van der Waals surface area contributed by atoms with Gasteiger partial charge in [0.2, 0.25) is 10.0 Å². The summed E-state index contributed by atoms with van der Waals surface area (Å²) in [5, 5.41) is 2.87. The monoisotopic (exact) mass is 418 g/mol. The molecule has 8 heteroatoms. The third-order valence-electron chi connectivity index (χ3n) is 5.16. The lowest BCUT2D eigenvalue weighted by Crippen LogP contribution is -3.15. The molecule has 156 valence electrons. The zero-order valence-corrected chi connectivity index (χ0v) is 17.9. The van der Waals surface area contributed by atoms with E-state index in [0.717, 1.165) is 21.8 Å². The second-order valence-electron chi connectivity index (χ2n) is 7.38. The minimum Gasteiger partial charge on any atom is -0.497 e. The quantitative estimate of drug-likeness (QED) is 0.729. The first-order chi connectivity index (χ1) is 13.8. The number of carbonyl (C=O) groups excluding carboxylic acids is 1. The highest BCUT2D eigenvalue weighted by Gasteiger charge is 2.32. The molecule has 0 atom stereocenters. The smallest absolute Gasteiger partial charge is 0.279 e. The van der Waals surface area contributed by atoms with E-state index >= 15 is 0 Å². The molecule has 0 spiro atoms. The molecule has 1 saturated heterocycles. The van der Waals surface area contributed by atoms with E-state index in [0.29, 0.717) is 43.3 Å². The Morgan fingerprint density at radius 1 is 1.10 bits per heavy atom. The van der Waals surface area contributed by atoms with Crippen LogP contribution in [0.4, 0.5) is 5.69 Å². The predicted molar refractivity (Wildman–Crippen MR) is 112 cm³/mol. The number of sulfonamides is 1. The summed E-state index contributed by atoms with van der Waals surface area (Å²) >= 11 is 0. The van der Waals surface area contributed by atoms with Crippen molar-refractivity contribution in [1.82, 2.24) is 4.31 Å². The largest absolute Gasteiger partial charge is 0.497 e. The minimum absolute atomic E-state index is 0.0872. The molecular weight excluding hydrogens is 390 g/mol. The fourth-order valence-electron chi connectivity index (χ4n) is 3.55.